The minimum atomic E-state index is -0.663. The van der Waals surface area contributed by atoms with Gasteiger partial charge in [-0.2, -0.15) is 0 Å². The average molecular weight is 305 g/mol. The summed E-state index contributed by atoms with van der Waals surface area (Å²) >= 11 is 12.0. The Morgan fingerprint density at radius 3 is 2.53 bits per heavy atom. The van der Waals surface area contributed by atoms with Crippen molar-refractivity contribution in [2.24, 2.45) is 0 Å². The lowest BCUT2D eigenvalue weighted by Crippen LogP contribution is -2.47. The second kappa shape index (κ2) is 6.91. The number of benzene rings is 1. The summed E-state index contributed by atoms with van der Waals surface area (Å²) in [6.07, 6.45) is -0.663. The largest absolute Gasteiger partial charge is 0.387 e. The van der Waals surface area contributed by atoms with Gasteiger partial charge in [0.2, 0.25) is 0 Å². The van der Waals surface area contributed by atoms with Gasteiger partial charge >= 0.3 is 0 Å². The van der Waals surface area contributed by atoms with Crippen LogP contribution in [0.25, 0.3) is 0 Å². The highest BCUT2D eigenvalue weighted by molar-refractivity contribution is 6.33. The van der Waals surface area contributed by atoms with Gasteiger partial charge in [-0.05, 0) is 46.1 Å². The van der Waals surface area contributed by atoms with Gasteiger partial charge in [-0.1, -0.05) is 23.2 Å². The van der Waals surface area contributed by atoms with Crippen molar-refractivity contribution >= 4 is 23.2 Å². The zero-order valence-corrected chi connectivity index (χ0v) is 13.4. The van der Waals surface area contributed by atoms with Crippen molar-refractivity contribution in [1.29, 1.82) is 0 Å². The fourth-order valence-corrected chi connectivity index (χ4v) is 1.98. The number of nitrogens with zero attached hydrogens (tertiary/aromatic N) is 1. The van der Waals surface area contributed by atoms with Crippen LogP contribution in [0.15, 0.2) is 18.2 Å². The van der Waals surface area contributed by atoms with Crippen LogP contribution in [-0.2, 0) is 0 Å². The number of aliphatic hydroxyl groups excluding tert-OH is 1. The van der Waals surface area contributed by atoms with Crippen molar-refractivity contribution in [3.05, 3.63) is 33.8 Å². The first-order valence-corrected chi connectivity index (χ1v) is 7.01. The average Bonchev–Trinajstić information content (AvgIpc) is 2.31. The third kappa shape index (κ3) is 4.93. The topological polar surface area (TPSA) is 35.5 Å². The summed E-state index contributed by atoms with van der Waals surface area (Å²) < 4.78 is 0. The van der Waals surface area contributed by atoms with Crippen molar-refractivity contribution in [3.8, 4) is 0 Å². The first kappa shape index (κ1) is 16.7. The molecular formula is C14H22Cl2N2O. The second-order valence-corrected chi connectivity index (χ2v) is 6.36. The summed E-state index contributed by atoms with van der Waals surface area (Å²) in [7, 11) is 4.07. The van der Waals surface area contributed by atoms with Crippen LogP contribution in [0.5, 0.6) is 0 Å². The number of halogens is 2. The molecule has 1 rings (SSSR count). The van der Waals surface area contributed by atoms with Gasteiger partial charge in [-0.3, -0.25) is 0 Å². The normalized spacial score (nSPS) is 13.9. The van der Waals surface area contributed by atoms with E-state index >= 15 is 0 Å². The molecule has 0 spiro atoms. The Kier molecular flexibility index (Phi) is 6.09. The van der Waals surface area contributed by atoms with E-state index in [-0.39, 0.29) is 5.54 Å². The molecule has 0 heterocycles. The molecule has 108 valence electrons. The van der Waals surface area contributed by atoms with E-state index in [2.05, 4.69) is 24.1 Å². The summed E-state index contributed by atoms with van der Waals surface area (Å²) in [6, 6.07) is 5.11. The fourth-order valence-electron chi connectivity index (χ4n) is 1.55. The minimum Gasteiger partial charge on any atom is -0.387 e. The summed E-state index contributed by atoms with van der Waals surface area (Å²) in [5.74, 6) is 0. The van der Waals surface area contributed by atoms with Gasteiger partial charge in [0.15, 0.2) is 0 Å². The predicted molar refractivity (Wildman–Crippen MR) is 82.1 cm³/mol. The maximum absolute atomic E-state index is 10.1. The molecule has 1 unspecified atom stereocenters. The molecule has 0 radical (unpaired) electrons. The summed E-state index contributed by atoms with van der Waals surface area (Å²) in [6.45, 7) is 5.49. The molecular weight excluding hydrogens is 283 g/mol. The number of hydrogen-bond acceptors (Lipinski definition) is 3. The van der Waals surface area contributed by atoms with Gasteiger partial charge in [0.1, 0.15) is 0 Å². The molecule has 1 aromatic carbocycles. The van der Waals surface area contributed by atoms with E-state index in [1.165, 1.54) is 0 Å². The Morgan fingerprint density at radius 2 is 1.95 bits per heavy atom. The molecule has 2 N–H and O–H groups in total. The zero-order valence-electron chi connectivity index (χ0n) is 11.9. The highest BCUT2D eigenvalue weighted by atomic mass is 35.5. The first-order chi connectivity index (χ1) is 8.74. The zero-order chi connectivity index (χ0) is 14.6. The second-order valence-electron chi connectivity index (χ2n) is 5.52. The molecule has 0 fully saturated rings. The number of hydrogen-bond donors (Lipinski definition) is 2. The smallest absolute Gasteiger partial charge is 0.0929 e. The molecule has 0 aromatic heterocycles. The molecule has 0 aliphatic carbocycles. The van der Waals surface area contributed by atoms with Crippen LogP contribution in [-0.4, -0.2) is 42.7 Å². The van der Waals surface area contributed by atoms with Crippen LogP contribution in [0, 0.1) is 0 Å². The van der Waals surface area contributed by atoms with Crippen molar-refractivity contribution in [2.75, 3.05) is 27.2 Å². The van der Waals surface area contributed by atoms with Crippen molar-refractivity contribution < 1.29 is 5.11 Å². The minimum absolute atomic E-state index is 0.0256. The van der Waals surface area contributed by atoms with Crippen molar-refractivity contribution in [1.82, 2.24) is 10.2 Å². The monoisotopic (exact) mass is 304 g/mol. The summed E-state index contributed by atoms with van der Waals surface area (Å²) in [5, 5.41) is 14.5. The Morgan fingerprint density at radius 1 is 1.32 bits per heavy atom. The van der Waals surface area contributed by atoms with E-state index < -0.39 is 6.10 Å². The molecule has 1 atom stereocenters. The van der Waals surface area contributed by atoms with E-state index in [4.69, 9.17) is 23.2 Å². The van der Waals surface area contributed by atoms with Gasteiger partial charge in [-0.25, -0.2) is 0 Å². The summed E-state index contributed by atoms with van der Waals surface area (Å²) in [5.41, 5.74) is 0.682. The molecule has 1 aromatic rings. The van der Waals surface area contributed by atoms with Crippen LogP contribution >= 0.6 is 23.2 Å². The molecule has 3 nitrogen and oxygen atoms in total. The molecule has 0 saturated heterocycles. The highest BCUT2D eigenvalue weighted by Crippen LogP contribution is 2.26. The van der Waals surface area contributed by atoms with E-state index in [1.807, 2.05) is 14.1 Å². The molecule has 5 heteroatoms. The SMILES string of the molecule is CN(C)C(C)(C)CNCC(O)c1cc(Cl)ccc1Cl. The molecule has 0 aliphatic rings. The Labute approximate surface area is 125 Å². The number of likely N-dealkylation sites (N-methyl/N-ethyl adjacent to an activating group) is 1. The van der Waals surface area contributed by atoms with Crippen molar-refractivity contribution in [2.45, 2.75) is 25.5 Å². The lowest BCUT2D eigenvalue weighted by molar-refractivity contribution is 0.152. The van der Waals surface area contributed by atoms with Crippen LogP contribution in [0.4, 0.5) is 0 Å². The van der Waals surface area contributed by atoms with Crippen LogP contribution in [0.3, 0.4) is 0 Å². The lowest BCUT2D eigenvalue weighted by atomic mass is 10.0. The predicted octanol–water partition coefficient (Wildman–Crippen LogP) is 2.96. The lowest BCUT2D eigenvalue weighted by Gasteiger charge is -2.33. The first-order valence-electron chi connectivity index (χ1n) is 6.25. The van der Waals surface area contributed by atoms with Gasteiger partial charge in [0.05, 0.1) is 6.10 Å². The quantitative estimate of drug-likeness (QED) is 0.848. The molecule has 19 heavy (non-hydrogen) atoms. The van der Waals surface area contributed by atoms with Gasteiger partial charge in [0, 0.05) is 34.2 Å². The molecule has 0 bridgehead atoms. The Hall–Kier alpha value is -0.320. The standard InChI is InChI=1S/C14H22Cl2N2O/c1-14(2,18(3)4)9-17-8-13(19)11-7-10(15)5-6-12(11)16/h5-7,13,17,19H,8-9H2,1-4H3. The van der Waals surface area contributed by atoms with Crippen LogP contribution in [0.1, 0.15) is 25.5 Å². The van der Waals surface area contributed by atoms with E-state index in [0.29, 0.717) is 22.2 Å². The highest BCUT2D eigenvalue weighted by Gasteiger charge is 2.20. The van der Waals surface area contributed by atoms with Gasteiger partial charge in [-0.15, -0.1) is 0 Å². The Bertz CT molecular complexity index is 422. The number of nitrogens with one attached hydrogen (secondary N) is 1. The van der Waals surface area contributed by atoms with Gasteiger partial charge < -0.3 is 15.3 Å². The van der Waals surface area contributed by atoms with Crippen molar-refractivity contribution in [3.63, 3.8) is 0 Å². The van der Waals surface area contributed by atoms with E-state index in [1.54, 1.807) is 18.2 Å². The van der Waals surface area contributed by atoms with E-state index in [0.717, 1.165) is 6.54 Å². The Balaban J connectivity index is 2.56. The van der Waals surface area contributed by atoms with Crippen LogP contribution in [0.2, 0.25) is 10.0 Å². The summed E-state index contributed by atoms with van der Waals surface area (Å²) in [4.78, 5) is 2.14. The fraction of sp³-hybridized carbons (Fsp3) is 0.571. The third-order valence-electron chi connectivity index (χ3n) is 3.42. The third-order valence-corrected chi connectivity index (χ3v) is 4.00. The number of rotatable bonds is 6. The molecule has 0 aliphatic heterocycles. The van der Waals surface area contributed by atoms with Crippen LogP contribution < -0.4 is 5.32 Å². The van der Waals surface area contributed by atoms with E-state index in [9.17, 15) is 5.11 Å². The molecule has 0 saturated carbocycles. The van der Waals surface area contributed by atoms with Gasteiger partial charge in [0.25, 0.3) is 0 Å². The number of aliphatic hydroxyl groups is 1. The maximum atomic E-state index is 10.1. The maximum Gasteiger partial charge on any atom is 0.0929 e. The molecule has 0 amide bonds.